The minimum absolute atomic E-state index is 0.00109. The molecule has 0 saturated heterocycles. The summed E-state index contributed by atoms with van der Waals surface area (Å²) in [6, 6.07) is 7.64. The monoisotopic (exact) mass is 256 g/mol. The summed E-state index contributed by atoms with van der Waals surface area (Å²) >= 11 is 0. The molecule has 2 N–H and O–H groups in total. The van der Waals surface area contributed by atoms with Crippen molar-refractivity contribution < 1.29 is 17.9 Å². The summed E-state index contributed by atoms with van der Waals surface area (Å²) in [7, 11) is -3.77. The van der Waals surface area contributed by atoms with E-state index in [0.717, 1.165) is 0 Å². The standard InChI is InChI=1S/C10H12N2O4S/c1-2-8-16-10(13)11-12-17(14,15)9-6-4-3-5-7-9/h2-7,12H,1,8H2,(H,11,13). The topological polar surface area (TPSA) is 84.5 Å². The molecule has 0 unspecified atom stereocenters. The van der Waals surface area contributed by atoms with Crippen LogP contribution in [0.1, 0.15) is 0 Å². The fourth-order valence-corrected chi connectivity index (χ4v) is 1.79. The van der Waals surface area contributed by atoms with Crippen LogP contribution in [0.25, 0.3) is 0 Å². The van der Waals surface area contributed by atoms with E-state index in [2.05, 4.69) is 11.3 Å². The van der Waals surface area contributed by atoms with Gasteiger partial charge in [0.2, 0.25) is 0 Å². The Morgan fingerprint density at radius 1 is 1.35 bits per heavy atom. The molecule has 0 aromatic heterocycles. The number of ether oxygens (including phenoxy) is 1. The van der Waals surface area contributed by atoms with E-state index in [1.807, 2.05) is 10.3 Å². The Kier molecular flexibility index (Phi) is 4.68. The highest BCUT2D eigenvalue weighted by Gasteiger charge is 2.14. The Morgan fingerprint density at radius 2 is 2.00 bits per heavy atom. The second-order valence-electron chi connectivity index (χ2n) is 2.93. The number of hydrogen-bond acceptors (Lipinski definition) is 4. The minimum atomic E-state index is -3.77. The molecule has 0 heterocycles. The molecular weight excluding hydrogens is 244 g/mol. The van der Waals surface area contributed by atoms with Crippen molar-refractivity contribution in [3.05, 3.63) is 43.0 Å². The van der Waals surface area contributed by atoms with Crippen molar-refractivity contribution in [2.24, 2.45) is 0 Å². The molecule has 0 atom stereocenters. The van der Waals surface area contributed by atoms with Crippen molar-refractivity contribution in [2.45, 2.75) is 4.90 Å². The van der Waals surface area contributed by atoms with Crippen LogP contribution in [0.4, 0.5) is 4.79 Å². The maximum atomic E-state index is 11.6. The Balaban J connectivity index is 2.57. The zero-order valence-electron chi connectivity index (χ0n) is 8.92. The molecule has 1 rings (SSSR count). The summed E-state index contributed by atoms with van der Waals surface area (Å²) < 4.78 is 27.7. The highest BCUT2D eigenvalue weighted by Crippen LogP contribution is 2.05. The number of carbonyl (C=O) groups is 1. The number of rotatable bonds is 5. The summed E-state index contributed by atoms with van der Waals surface area (Å²) in [5.41, 5.74) is 1.91. The first kappa shape index (κ1) is 13.2. The van der Waals surface area contributed by atoms with Crippen LogP contribution in [0.5, 0.6) is 0 Å². The highest BCUT2D eigenvalue weighted by atomic mass is 32.2. The van der Waals surface area contributed by atoms with E-state index in [4.69, 9.17) is 0 Å². The SMILES string of the molecule is C=CCOC(=O)NNS(=O)(=O)c1ccccc1. The highest BCUT2D eigenvalue weighted by molar-refractivity contribution is 7.89. The number of carbonyl (C=O) groups excluding carboxylic acids is 1. The molecule has 0 aliphatic heterocycles. The molecule has 7 heteroatoms. The van der Waals surface area contributed by atoms with Gasteiger partial charge in [0.25, 0.3) is 10.0 Å². The zero-order chi connectivity index (χ0) is 12.7. The van der Waals surface area contributed by atoms with Gasteiger partial charge in [-0.1, -0.05) is 30.9 Å². The third kappa shape index (κ3) is 4.25. The summed E-state index contributed by atoms with van der Waals surface area (Å²) in [6.07, 6.45) is 0.468. The molecular formula is C10H12N2O4S. The average Bonchev–Trinajstić information content (AvgIpc) is 2.35. The molecule has 1 amide bonds. The van der Waals surface area contributed by atoms with Gasteiger partial charge in [-0.2, -0.15) is 0 Å². The Hall–Kier alpha value is -1.86. The molecule has 1 aromatic carbocycles. The Morgan fingerprint density at radius 3 is 2.59 bits per heavy atom. The minimum Gasteiger partial charge on any atom is -0.444 e. The van der Waals surface area contributed by atoms with Crippen LogP contribution in [-0.4, -0.2) is 21.1 Å². The lowest BCUT2D eigenvalue weighted by atomic mass is 10.4. The predicted octanol–water partition coefficient (Wildman–Crippen LogP) is 0.792. The first-order valence-corrected chi connectivity index (χ1v) is 6.15. The van der Waals surface area contributed by atoms with Crippen molar-refractivity contribution in [3.63, 3.8) is 0 Å². The van der Waals surface area contributed by atoms with Crippen LogP contribution in [-0.2, 0) is 14.8 Å². The van der Waals surface area contributed by atoms with E-state index in [9.17, 15) is 13.2 Å². The number of nitrogens with one attached hydrogen (secondary N) is 2. The molecule has 1 aromatic rings. The summed E-state index contributed by atoms with van der Waals surface area (Å²) in [6.45, 7) is 3.34. The molecule has 92 valence electrons. The lowest BCUT2D eigenvalue weighted by molar-refractivity contribution is 0.156. The van der Waals surface area contributed by atoms with Crippen LogP contribution in [0.2, 0.25) is 0 Å². The lowest BCUT2D eigenvalue weighted by Crippen LogP contribution is -2.41. The average molecular weight is 256 g/mol. The van der Waals surface area contributed by atoms with Crippen LogP contribution in [0, 0.1) is 0 Å². The molecule has 0 aliphatic rings. The number of benzene rings is 1. The maximum Gasteiger partial charge on any atom is 0.422 e. The van der Waals surface area contributed by atoms with Crippen molar-refractivity contribution in [3.8, 4) is 0 Å². The van der Waals surface area contributed by atoms with Crippen molar-refractivity contribution in [1.29, 1.82) is 0 Å². The molecule has 0 saturated carbocycles. The molecule has 0 aliphatic carbocycles. The fourth-order valence-electron chi connectivity index (χ4n) is 0.938. The van der Waals surface area contributed by atoms with Gasteiger partial charge in [-0.3, -0.25) is 0 Å². The lowest BCUT2D eigenvalue weighted by Gasteiger charge is -2.07. The maximum absolute atomic E-state index is 11.6. The van der Waals surface area contributed by atoms with Crippen molar-refractivity contribution in [1.82, 2.24) is 10.3 Å². The normalized spacial score (nSPS) is 10.6. The van der Waals surface area contributed by atoms with E-state index >= 15 is 0 Å². The van der Waals surface area contributed by atoms with E-state index in [1.54, 1.807) is 18.2 Å². The second-order valence-corrected chi connectivity index (χ2v) is 4.61. The van der Waals surface area contributed by atoms with Crippen LogP contribution >= 0.6 is 0 Å². The van der Waals surface area contributed by atoms with Crippen LogP contribution in [0.15, 0.2) is 47.9 Å². The van der Waals surface area contributed by atoms with Crippen LogP contribution < -0.4 is 10.3 Å². The van der Waals surface area contributed by atoms with Gasteiger partial charge in [0.15, 0.2) is 0 Å². The quantitative estimate of drug-likeness (QED) is 0.602. The predicted molar refractivity (Wildman–Crippen MR) is 61.4 cm³/mol. The van der Waals surface area contributed by atoms with Gasteiger partial charge in [0, 0.05) is 0 Å². The van der Waals surface area contributed by atoms with Crippen molar-refractivity contribution in [2.75, 3.05) is 6.61 Å². The molecule has 0 radical (unpaired) electrons. The van der Waals surface area contributed by atoms with Gasteiger partial charge < -0.3 is 4.74 Å². The van der Waals surface area contributed by atoms with Gasteiger partial charge >= 0.3 is 6.09 Å². The van der Waals surface area contributed by atoms with Gasteiger partial charge in [-0.25, -0.2) is 18.6 Å². The Bertz CT molecular complexity index is 484. The van der Waals surface area contributed by atoms with E-state index in [1.165, 1.54) is 18.2 Å². The fraction of sp³-hybridized carbons (Fsp3) is 0.100. The van der Waals surface area contributed by atoms with Gasteiger partial charge in [-0.05, 0) is 12.1 Å². The van der Waals surface area contributed by atoms with Crippen molar-refractivity contribution >= 4 is 16.1 Å². The molecule has 0 bridgehead atoms. The first-order chi connectivity index (χ1) is 8.06. The summed E-state index contributed by atoms with van der Waals surface area (Å²) in [5, 5.41) is 0. The van der Waals surface area contributed by atoms with Crippen LogP contribution in [0.3, 0.4) is 0 Å². The largest absolute Gasteiger partial charge is 0.444 e. The smallest absolute Gasteiger partial charge is 0.422 e. The zero-order valence-corrected chi connectivity index (χ0v) is 9.74. The number of amides is 1. The number of hydrogen-bond donors (Lipinski definition) is 2. The van der Waals surface area contributed by atoms with Gasteiger partial charge in [0.1, 0.15) is 6.61 Å². The molecule has 0 spiro atoms. The second kappa shape index (κ2) is 6.02. The van der Waals surface area contributed by atoms with E-state index in [-0.39, 0.29) is 11.5 Å². The van der Waals surface area contributed by atoms with Gasteiger partial charge in [0.05, 0.1) is 4.90 Å². The first-order valence-electron chi connectivity index (χ1n) is 4.67. The third-order valence-electron chi connectivity index (χ3n) is 1.67. The van der Waals surface area contributed by atoms with E-state index < -0.39 is 16.1 Å². The third-order valence-corrected chi connectivity index (χ3v) is 2.94. The molecule has 6 nitrogen and oxygen atoms in total. The Labute approximate surface area is 99.3 Å². The number of sulfonamides is 1. The van der Waals surface area contributed by atoms with E-state index in [0.29, 0.717) is 0 Å². The molecule has 17 heavy (non-hydrogen) atoms. The summed E-state index contributed by atoms with van der Waals surface area (Å²) in [5.74, 6) is 0. The number of hydrazine groups is 1. The summed E-state index contributed by atoms with van der Waals surface area (Å²) in [4.78, 5) is 12.9. The van der Waals surface area contributed by atoms with Gasteiger partial charge in [-0.15, -0.1) is 4.83 Å². The molecule has 0 fully saturated rings.